The van der Waals surface area contributed by atoms with Crippen LogP contribution in [-0.2, 0) is 4.79 Å². The van der Waals surface area contributed by atoms with Crippen molar-refractivity contribution >= 4 is 11.6 Å². The summed E-state index contributed by atoms with van der Waals surface area (Å²) in [6, 6.07) is 5.81. The molecule has 0 aliphatic rings. The van der Waals surface area contributed by atoms with Crippen LogP contribution in [0.3, 0.4) is 0 Å². The minimum absolute atomic E-state index is 0.00977. The molecule has 3 heteroatoms. The largest absolute Gasteiger partial charge is 0.324 e. The van der Waals surface area contributed by atoms with Gasteiger partial charge in [0.15, 0.2) is 0 Å². The monoisotopic (exact) mass is 206 g/mol. The van der Waals surface area contributed by atoms with Gasteiger partial charge in [-0.3, -0.25) is 4.79 Å². The van der Waals surface area contributed by atoms with Crippen molar-refractivity contribution in [3.05, 3.63) is 29.3 Å². The molecule has 0 radical (unpaired) electrons. The molecule has 0 spiro atoms. The van der Waals surface area contributed by atoms with Crippen LogP contribution in [0.1, 0.15) is 18.1 Å². The first-order chi connectivity index (χ1) is 7.04. The van der Waals surface area contributed by atoms with E-state index in [-0.39, 0.29) is 11.9 Å². The standard InChI is InChI=1S/C12H18N2O/c1-8-5-6-11(9(2)7-8)14-12(15)10(3)13-4/h5-7,10,13H,1-4H3,(H,14,15). The Morgan fingerprint density at radius 2 is 2.00 bits per heavy atom. The van der Waals surface area contributed by atoms with Crippen LogP contribution in [0.15, 0.2) is 18.2 Å². The molecule has 3 nitrogen and oxygen atoms in total. The Labute approximate surface area is 90.9 Å². The molecule has 0 aliphatic heterocycles. The van der Waals surface area contributed by atoms with E-state index >= 15 is 0 Å². The summed E-state index contributed by atoms with van der Waals surface area (Å²) in [4.78, 5) is 11.6. The average molecular weight is 206 g/mol. The van der Waals surface area contributed by atoms with Crippen LogP contribution in [0, 0.1) is 13.8 Å². The predicted octanol–water partition coefficient (Wildman–Crippen LogP) is 1.85. The Morgan fingerprint density at radius 3 is 2.53 bits per heavy atom. The van der Waals surface area contributed by atoms with Crippen molar-refractivity contribution in [2.75, 3.05) is 12.4 Å². The SMILES string of the molecule is CNC(C)C(=O)Nc1ccc(C)cc1C. The Kier molecular flexibility index (Phi) is 3.86. The molecule has 1 amide bonds. The Bertz CT molecular complexity index is 361. The van der Waals surface area contributed by atoms with Crippen LogP contribution in [0.25, 0.3) is 0 Å². The third-order valence-electron chi connectivity index (χ3n) is 2.47. The van der Waals surface area contributed by atoms with Gasteiger partial charge in [-0.25, -0.2) is 0 Å². The summed E-state index contributed by atoms with van der Waals surface area (Å²) in [5.41, 5.74) is 3.17. The fraction of sp³-hybridized carbons (Fsp3) is 0.417. The maximum Gasteiger partial charge on any atom is 0.241 e. The number of amides is 1. The molecular formula is C12H18N2O. The highest BCUT2D eigenvalue weighted by Gasteiger charge is 2.10. The molecule has 0 aromatic heterocycles. The minimum atomic E-state index is -0.175. The Hall–Kier alpha value is -1.35. The first-order valence-corrected chi connectivity index (χ1v) is 5.10. The zero-order valence-electron chi connectivity index (χ0n) is 9.72. The Balaban J connectivity index is 2.77. The van der Waals surface area contributed by atoms with Crippen LogP contribution in [0.5, 0.6) is 0 Å². The van der Waals surface area contributed by atoms with Crippen molar-refractivity contribution < 1.29 is 4.79 Å². The molecule has 1 aromatic carbocycles. The van der Waals surface area contributed by atoms with Crippen molar-refractivity contribution in [1.82, 2.24) is 5.32 Å². The molecule has 0 saturated heterocycles. The number of likely N-dealkylation sites (N-methyl/N-ethyl adjacent to an activating group) is 1. The van der Waals surface area contributed by atoms with Crippen molar-refractivity contribution in [2.45, 2.75) is 26.8 Å². The van der Waals surface area contributed by atoms with Gasteiger partial charge in [-0.2, -0.15) is 0 Å². The summed E-state index contributed by atoms with van der Waals surface area (Å²) in [6.07, 6.45) is 0. The molecule has 82 valence electrons. The molecule has 1 unspecified atom stereocenters. The van der Waals surface area contributed by atoms with Gasteiger partial charge in [0.2, 0.25) is 5.91 Å². The highest BCUT2D eigenvalue weighted by molar-refractivity contribution is 5.95. The number of hydrogen-bond donors (Lipinski definition) is 2. The second-order valence-corrected chi connectivity index (χ2v) is 3.82. The quantitative estimate of drug-likeness (QED) is 0.792. The van der Waals surface area contributed by atoms with Gasteiger partial charge in [0.1, 0.15) is 0 Å². The molecule has 0 bridgehead atoms. The second-order valence-electron chi connectivity index (χ2n) is 3.82. The molecule has 1 rings (SSSR count). The van der Waals surface area contributed by atoms with Crippen molar-refractivity contribution in [3.63, 3.8) is 0 Å². The maximum atomic E-state index is 11.6. The lowest BCUT2D eigenvalue weighted by Crippen LogP contribution is -2.35. The number of rotatable bonds is 3. The Morgan fingerprint density at radius 1 is 1.33 bits per heavy atom. The van der Waals surface area contributed by atoms with E-state index in [0.717, 1.165) is 11.3 Å². The van der Waals surface area contributed by atoms with Gasteiger partial charge in [-0.1, -0.05) is 17.7 Å². The topological polar surface area (TPSA) is 41.1 Å². The van der Waals surface area contributed by atoms with Gasteiger partial charge in [0.25, 0.3) is 0 Å². The summed E-state index contributed by atoms with van der Waals surface area (Å²) in [5, 5.41) is 5.79. The molecule has 1 atom stereocenters. The van der Waals surface area contributed by atoms with Crippen LogP contribution in [-0.4, -0.2) is 19.0 Å². The van der Waals surface area contributed by atoms with E-state index in [2.05, 4.69) is 16.7 Å². The number of aryl methyl sites for hydroxylation is 2. The van der Waals surface area contributed by atoms with Crippen LogP contribution >= 0.6 is 0 Å². The van der Waals surface area contributed by atoms with E-state index in [1.54, 1.807) is 7.05 Å². The van der Waals surface area contributed by atoms with Gasteiger partial charge < -0.3 is 10.6 Å². The molecule has 15 heavy (non-hydrogen) atoms. The summed E-state index contributed by atoms with van der Waals surface area (Å²) < 4.78 is 0. The van der Waals surface area contributed by atoms with Gasteiger partial charge in [0, 0.05) is 5.69 Å². The van der Waals surface area contributed by atoms with Crippen LogP contribution in [0.2, 0.25) is 0 Å². The van der Waals surface area contributed by atoms with Gasteiger partial charge in [-0.05, 0) is 39.4 Å². The summed E-state index contributed by atoms with van der Waals surface area (Å²) in [6.45, 7) is 5.86. The van der Waals surface area contributed by atoms with Crippen LogP contribution in [0.4, 0.5) is 5.69 Å². The van der Waals surface area contributed by atoms with Crippen molar-refractivity contribution in [1.29, 1.82) is 0 Å². The van der Waals surface area contributed by atoms with E-state index < -0.39 is 0 Å². The molecular weight excluding hydrogens is 188 g/mol. The molecule has 0 heterocycles. The lowest BCUT2D eigenvalue weighted by Gasteiger charge is -2.13. The predicted molar refractivity (Wildman–Crippen MR) is 63.1 cm³/mol. The van der Waals surface area contributed by atoms with Gasteiger partial charge >= 0.3 is 0 Å². The normalized spacial score (nSPS) is 12.3. The van der Waals surface area contributed by atoms with Crippen molar-refractivity contribution in [2.24, 2.45) is 0 Å². The third kappa shape index (κ3) is 3.06. The summed E-state index contributed by atoms with van der Waals surface area (Å²) in [5.74, 6) is -0.00977. The van der Waals surface area contributed by atoms with Crippen molar-refractivity contribution in [3.8, 4) is 0 Å². The third-order valence-corrected chi connectivity index (χ3v) is 2.47. The van der Waals surface area contributed by atoms with E-state index in [0.29, 0.717) is 0 Å². The summed E-state index contributed by atoms with van der Waals surface area (Å²) >= 11 is 0. The number of carbonyl (C=O) groups excluding carboxylic acids is 1. The van der Waals surface area contributed by atoms with E-state index in [1.165, 1.54) is 5.56 Å². The first-order valence-electron chi connectivity index (χ1n) is 5.10. The van der Waals surface area contributed by atoms with Gasteiger partial charge in [-0.15, -0.1) is 0 Å². The van der Waals surface area contributed by atoms with Crippen LogP contribution < -0.4 is 10.6 Å². The smallest absolute Gasteiger partial charge is 0.241 e. The number of nitrogens with one attached hydrogen (secondary N) is 2. The highest BCUT2D eigenvalue weighted by atomic mass is 16.2. The number of carbonyl (C=O) groups is 1. The molecule has 0 saturated carbocycles. The molecule has 2 N–H and O–H groups in total. The second kappa shape index (κ2) is 4.94. The molecule has 0 aliphatic carbocycles. The van der Waals surface area contributed by atoms with E-state index in [9.17, 15) is 4.79 Å². The maximum absolute atomic E-state index is 11.6. The minimum Gasteiger partial charge on any atom is -0.324 e. The zero-order valence-corrected chi connectivity index (χ0v) is 9.72. The molecule has 1 aromatic rings. The number of anilines is 1. The highest BCUT2D eigenvalue weighted by Crippen LogP contribution is 2.15. The summed E-state index contributed by atoms with van der Waals surface area (Å²) in [7, 11) is 1.77. The number of hydrogen-bond acceptors (Lipinski definition) is 2. The zero-order chi connectivity index (χ0) is 11.4. The lowest BCUT2D eigenvalue weighted by atomic mass is 10.1. The average Bonchev–Trinajstić information content (AvgIpc) is 2.20. The van der Waals surface area contributed by atoms with E-state index in [4.69, 9.17) is 0 Å². The lowest BCUT2D eigenvalue weighted by molar-refractivity contribution is -0.117. The van der Waals surface area contributed by atoms with E-state index in [1.807, 2.05) is 32.9 Å². The first kappa shape index (κ1) is 11.7. The number of benzene rings is 1. The van der Waals surface area contributed by atoms with Gasteiger partial charge in [0.05, 0.1) is 6.04 Å². The molecule has 0 fully saturated rings. The fourth-order valence-corrected chi connectivity index (χ4v) is 1.33. The fourth-order valence-electron chi connectivity index (χ4n) is 1.33.